The minimum Gasteiger partial charge on any atom is -0.493 e. The summed E-state index contributed by atoms with van der Waals surface area (Å²) in [5, 5.41) is 0.704. The highest BCUT2D eigenvalue weighted by atomic mass is 79.9. The van der Waals surface area contributed by atoms with Crippen LogP contribution in [0, 0.1) is 0 Å². The van der Waals surface area contributed by atoms with Gasteiger partial charge in [0.15, 0.2) is 11.5 Å². The van der Waals surface area contributed by atoms with Crippen LogP contribution in [0.25, 0.3) is 0 Å². The zero-order valence-electron chi connectivity index (χ0n) is 21.8. The predicted molar refractivity (Wildman–Crippen MR) is 148 cm³/mol. The molecule has 0 spiro atoms. The molecular formula is C28H33BrClN3O5. The van der Waals surface area contributed by atoms with Gasteiger partial charge in [-0.1, -0.05) is 39.7 Å². The first-order valence-electron chi connectivity index (χ1n) is 12.9. The van der Waals surface area contributed by atoms with E-state index in [1.54, 1.807) is 14.2 Å². The van der Waals surface area contributed by atoms with Crippen molar-refractivity contribution in [3.63, 3.8) is 0 Å². The van der Waals surface area contributed by atoms with E-state index in [0.29, 0.717) is 62.3 Å². The third kappa shape index (κ3) is 5.52. The molecule has 204 valence electrons. The Balaban J connectivity index is 1.39. The molecule has 2 aliphatic heterocycles. The summed E-state index contributed by atoms with van der Waals surface area (Å²) in [5.74, 6) is 1.11. The molecular weight excluding hydrogens is 574 g/mol. The van der Waals surface area contributed by atoms with Crippen LogP contribution in [0.2, 0.25) is 5.02 Å². The Hall–Kier alpha value is -2.33. The average Bonchev–Trinajstić information content (AvgIpc) is 3.70. The second-order valence-electron chi connectivity index (χ2n) is 10.1. The number of morpholine rings is 1. The monoisotopic (exact) mass is 605 g/mol. The van der Waals surface area contributed by atoms with Crippen LogP contribution in [-0.4, -0.2) is 86.8 Å². The van der Waals surface area contributed by atoms with Crippen molar-refractivity contribution in [1.82, 2.24) is 14.7 Å². The number of hydrogen-bond donors (Lipinski definition) is 0. The highest BCUT2D eigenvalue weighted by Gasteiger charge is 2.49. The highest BCUT2D eigenvalue weighted by Crippen LogP contribution is 2.51. The van der Waals surface area contributed by atoms with Crippen LogP contribution >= 0.6 is 27.5 Å². The Bertz CT molecular complexity index is 1200. The van der Waals surface area contributed by atoms with Crippen molar-refractivity contribution in [2.75, 3.05) is 60.2 Å². The van der Waals surface area contributed by atoms with E-state index < -0.39 is 0 Å². The molecule has 2 heterocycles. The molecule has 1 aliphatic carbocycles. The van der Waals surface area contributed by atoms with Crippen molar-refractivity contribution >= 4 is 39.5 Å². The molecule has 3 fully saturated rings. The lowest BCUT2D eigenvalue weighted by molar-refractivity contribution is -0.132. The molecule has 3 aliphatic rings. The quantitative estimate of drug-likeness (QED) is 0.405. The van der Waals surface area contributed by atoms with Gasteiger partial charge in [0, 0.05) is 47.5 Å². The van der Waals surface area contributed by atoms with Gasteiger partial charge in [-0.3, -0.25) is 14.6 Å². The van der Waals surface area contributed by atoms with Crippen LogP contribution in [0.4, 0.5) is 4.79 Å². The number of methoxy groups -OCH3 is 2. The average molecular weight is 607 g/mol. The number of carbonyl (C=O) groups is 2. The summed E-state index contributed by atoms with van der Waals surface area (Å²) >= 11 is 10.1. The molecule has 0 radical (unpaired) electrons. The van der Waals surface area contributed by atoms with Gasteiger partial charge in [0.2, 0.25) is 5.91 Å². The summed E-state index contributed by atoms with van der Waals surface area (Å²) in [4.78, 5) is 32.5. The molecule has 1 saturated carbocycles. The number of amides is 3. The van der Waals surface area contributed by atoms with E-state index in [1.807, 2.05) is 41.3 Å². The number of ether oxygens (including phenoxy) is 3. The highest BCUT2D eigenvalue weighted by molar-refractivity contribution is 9.10. The van der Waals surface area contributed by atoms with Crippen LogP contribution < -0.4 is 9.47 Å². The van der Waals surface area contributed by atoms with E-state index >= 15 is 0 Å². The second kappa shape index (κ2) is 11.4. The van der Waals surface area contributed by atoms with E-state index in [9.17, 15) is 9.59 Å². The second-order valence-corrected chi connectivity index (χ2v) is 11.5. The van der Waals surface area contributed by atoms with Gasteiger partial charge in [0.05, 0.1) is 40.0 Å². The zero-order chi connectivity index (χ0) is 26.9. The van der Waals surface area contributed by atoms with E-state index in [-0.39, 0.29) is 29.9 Å². The lowest BCUT2D eigenvalue weighted by Crippen LogP contribution is -2.56. The van der Waals surface area contributed by atoms with Crippen molar-refractivity contribution in [2.24, 2.45) is 0 Å². The first-order valence-corrected chi connectivity index (χ1v) is 14.1. The lowest BCUT2D eigenvalue weighted by atomic mass is 9.95. The topological polar surface area (TPSA) is 71.6 Å². The number of hydrogen-bond acceptors (Lipinski definition) is 6. The molecule has 0 bridgehead atoms. The molecule has 2 aromatic rings. The third-order valence-electron chi connectivity index (χ3n) is 7.88. The fourth-order valence-electron chi connectivity index (χ4n) is 5.57. The van der Waals surface area contributed by atoms with Crippen LogP contribution in [0.5, 0.6) is 11.5 Å². The summed E-state index contributed by atoms with van der Waals surface area (Å²) in [6, 6.07) is 11.3. The molecule has 1 atom stereocenters. The van der Waals surface area contributed by atoms with Crippen molar-refractivity contribution < 1.29 is 23.8 Å². The maximum absolute atomic E-state index is 13.8. The molecule has 3 amide bonds. The predicted octanol–water partition coefficient (Wildman–Crippen LogP) is 4.88. The number of imide groups is 1. The van der Waals surface area contributed by atoms with Gasteiger partial charge in [-0.15, -0.1) is 0 Å². The number of rotatable bonds is 9. The molecule has 2 saturated heterocycles. The van der Waals surface area contributed by atoms with Gasteiger partial charge in [-0.25, -0.2) is 4.79 Å². The fraction of sp³-hybridized carbons (Fsp3) is 0.500. The molecule has 2 aromatic carbocycles. The summed E-state index contributed by atoms with van der Waals surface area (Å²) in [7, 11) is 3.21. The lowest BCUT2D eigenvalue weighted by Gasteiger charge is -2.41. The molecule has 0 aromatic heterocycles. The molecule has 8 nitrogen and oxygen atoms in total. The molecule has 1 unspecified atom stereocenters. The summed E-state index contributed by atoms with van der Waals surface area (Å²) in [5.41, 5.74) is 1.87. The SMILES string of the molecule is COc1ccc(C(CN2C(=O)CCN(CC3(c4ccc(Br)cc4Cl)CC3)C2=O)N2CCOCC2)cc1OC. The minimum atomic E-state index is -0.237. The maximum atomic E-state index is 13.8. The van der Waals surface area contributed by atoms with Gasteiger partial charge in [-0.2, -0.15) is 0 Å². The van der Waals surface area contributed by atoms with Crippen LogP contribution in [0.1, 0.15) is 36.4 Å². The zero-order valence-corrected chi connectivity index (χ0v) is 24.1. The van der Waals surface area contributed by atoms with Crippen molar-refractivity contribution in [3.05, 3.63) is 57.0 Å². The normalized spacial score (nSPS) is 20.4. The smallest absolute Gasteiger partial charge is 0.326 e. The first-order chi connectivity index (χ1) is 18.3. The number of carbonyl (C=O) groups excluding carboxylic acids is 2. The summed E-state index contributed by atoms with van der Waals surface area (Å²) in [6.07, 6.45) is 2.24. The Morgan fingerprint density at radius 1 is 1.03 bits per heavy atom. The van der Waals surface area contributed by atoms with Crippen molar-refractivity contribution in [3.8, 4) is 11.5 Å². The molecule has 0 N–H and O–H groups in total. The number of nitrogens with zero attached hydrogens (tertiary/aromatic N) is 3. The van der Waals surface area contributed by atoms with Gasteiger partial charge in [0.25, 0.3) is 0 Å². The standard InChI is InChI=1S/C28H33BrClN3O5/c1-36-24-6-3-19(15-25(24)37-2)23(31-11-13-38-14-12-31)17-33-26(34)7-10-32(27(33)35)18-28(8-9-28)21-5-4-20(29)16-22(21)30/h3-6,15-16,23H,7-14,17-18H2,1-2H3. The Morgan fingerprint density at radius 3 is 2.42 bits per heavy atom. The van der Waals surface area contributed by atoms with Gasteiger partial charge >= 0.3 is 6.03 Å². The van der Waals surface area contributed by atoms with Crippen LogP contribution in [-0.2, 0) is 14.9 Å². The fourth-order valence-corrected chi connectivity index (χ4v) is 6.44. The van der Waals surface area contributed by atoms with E-state index in [0.717, 1.165) is 28.4 Å². The van der Waals surface area contributed by atoms with E-state index in [2.05, 4.69) is 20.8 Å². The summed E-state index contributed by atoms with van der Waals surface area (Å²) < 4.78 is 17.5. The van der Waals surface area contributed by atoms with E-state index in [4.69, 9.17) is 25.8 Å². The van der Waals surface area contributed by atoms with Gasteiger partial charge in [-0.05, 0) is 48.2 Å². The Kier molecular flexibility index (Phi) is 8.19. The number of benzene rings is 2. The molecule has 5 rings (SSSR count). The van der Waals surface area contributed by atoms with Gasteiger partial charge in [0.1, 0.15) is 0 Å². The minimum absolute atomic E-state index is 0.142. The first kappa shape index (κ1) is 27.2. The Morgan fingerprint density at radius 2 is 1.76 bits per heavy atom. The third-order valence-corrected chi connectivity index (χ3v) is 8.69. The van der Waals surface area contributed by atoms with Crippen molar-refractivity contribution in [2.45, 2.75) is 30.7 Å². The van der Waals surface area contributed by atoms with Gasteiger partial charge < -0.3 is 19.1 Å². The van der Waals surface area contributed by atoms with Crippen LogP contribution in [0.3, 0.4) is 0 Å². The Labute approximate surface area is 236 Å². The number of halogens is 2. The number of urea groups is 1. The summed E-state index contributed by atoms with van der Waals surface area (Å²) in [6.45, 7) is 3.87. The molecule has 38 heavy (non-hydrogen) atoms. The van der Waals surface area contributed by atoms with Crippen LogP contribution in [0.15, 0.2) is 40.9 Å². The van der Waals surface area contributed by atoms with Crippen molar-refractivity contribution in [1.29, 1.82) is 0 Å². The largest absolute Gasteiger partial charge is 0.493 e. The molecule has 10 heteroatoms. The maximum Gasteiger partial charge on any atom is 0.326 e. The van der Waals surface area contributed by atoms with E-state index in [1.165, 1.54) is 4.90 Å².